The van der Waals surface area contributed by atoms with Gasteiger partial charge in [0.2, 0.25) is 0 Å². The summed E-state index contributed by atoms with van der Waals surface area (Å²) < 4.78 is 10.2. The third kappa shape index (κ3) is 5.97. The Bertz CT molecular complexity index is 492. The highest BCUT2D eigenvalue weighted by Gasteiger charge is 2.14. The summed E-state index contributed by atoms with van der Waals surface area (Å²) in [5, 5.41) is 3.23. The highest BCUT2D eigenvalue weighted by atomic mass is 35.5. The van der Waals surface area contributed by atoms with E-state index in [4.69, 9.17) is 21.1 Å². The normalized spacial score (nSPS) is 11.4. The van der Waals surface area contributed by atoms with Crippen molar-refractivity contribution >= 4 is 23.8 Å². The van der Waals surface area contributed by atoms with Gasteiger partial charge in [-0.2, -0.15) is 0 Å². The van der Waals surface area contributed by atoms with Crippen LogP contribution in [0.3, 0.4) is 0 Å². The Balaban J connectivity index is 2.48. The molecule has 0 aromatic heterocycles. The Morgan fingerprint density at radius 3 is 2.65 bits per heavy atom. The Hall–Kier alpha value is -1.68. The maximum Gasteiger partial charge on any atom is 0.407 e. The maximum atomic E-state index is 11.4. The molecule has 1 rings (SSSR count). The SMILES string of the molecule is COc1ccc(C=CCNC(=O)OC(C)(C)C)c(Cl)c1. The van der Waals surface area contributed by atoms with Crippen LogP contribution in [-0.2, 0) is 4.74 Å². The Morgan fingerprint density at radius 2 is 2.10 bits per heavy atom. The van der Waals surface area contributed by atoms with E-state index in [1.54, 1.807) is 19.3 Å². The molecule has 0 aliphatic carbocycles. The second kappa shape index (κ2) is 7.20. The second-order valence-electron chi connectivity index (χ2n) is 5.17. The number of rotatable bonds is 4. The van der Waals surface area contributed by atoms with Crippen molar-refractivity contribution < 1.29 is 14.3 Å². The molecular formula is C15H20ClNO3. The predicted octanol–water partition coefficient (Wildman–Crippen LogP) is 3.89. The van der Waals surface area contributed by atoms with Gasteiger partial charge in [0.15, 0.2) is 0 Å². The largest absolute Gasteiger partial charge is 0.497 e. The fourth-order valence-electron chi connectivity index (χ4n) is 1.41. The third-order valence-electron chi connectivity index (χ3n) is 2.27. The van der Waals surface area contributed by atoms with Crippen molar-refractivity contribution in [2.45, 2.75) is 26.4 Å². The van der Waals surface area contributed by atoms with E-state index in [1.165, 1.54) is 0 Å². The molecule has 0 saturated carbocycles. The molecule has 0 radical (unpaired) electrons. The van der Waals surface area contributed by atoms with Gasteiger partial charge in [-0.25, -0.2) is 4.79 Å². The molecule has 1 amide bonds. The van der Waals surface area contributed by atoms with E-state index in [2.05, 4.69) is 5.32 Å². The summed E-state index contributed by atoms with van der Waals surface area (Å²) in [7, 11) is 1.59. The number of benzene rings is 1. The van der Waals surface area contributed by atoms with Crippen LogP contribution in [0.2, 0.25) is 5.02 Å². The molecule has 4 nitrogen and oxygen atoms in total. The first-order valence-electron chi connectivity index (χ1n) is 6.29. The van der Waals surface area contributed by atoms with Crippen molar-refractivity contribution in [1.29, 1.82) is 0 Å². The van der Waals surface area contributed by atoms with E-state index < -0.39 is 11.7 Å². The first-order valence-corrected chi connectivity index (χ1v) is 6.66. The lowest BCUT2D eigenvalue weighted by Gasteiger charge is -2.19. The van der Waals surface area contributed by atoms with Crippen molar-refractivity contribution in [3.63, 3.8) is 0 Å². The van der Waals surface area contributed by atoms with Crippen LogP contribution in [0.1, 0.15) is 26.3 Å². The van der Waals surface area contributed by atoms with Crippen LogP contribution in [0, 0.1) is 0 Å². The zero-order valence-electron chi connectivity index (χ0n) is 12.2. The first-order chi connectivity index (χ1) is 9.31. The minimum Gasteiger partial charge on any atom is -0.497 e. The summed E-state index contributed by atoms with van der Waals surface area (Å²) >= 11 is 6.09. The lowest BCUT2D eigenvalue weighted by atomic mass is 10.2. The number of halogens is 1. The quantitative estimate of drug-likeness (QED) is 0.917. The molecule has 0 atom stereocenters. The number of ether oxygens (including phenoxy) is 2. The molecule has 1 N–H and O–H groups in total. The Kier molecular flexibility index (Phi) is 5.89. The summed E-state index contributed by atoms with van der Waals surface area (Å²) in [6, 6.07) is 5.42. The molecule has 0 spiro atoms. The van der Waals surface area contributed by atoms with Crippen molar-refractivity contribution in [3.8, 4) is 5.75 Å². The minimum atomic E-state index is -0.493. The van der Waals surface area contributed by atoms with E-state index in [1.807, 2.05) is 39.0 Å². The molecule has 0 unspecified atom stereocenters. The number of alkyl carbamates (subject to hydrolysis) is 1. The van der Waals surface area contributed by atoms with Gasteiger partial charge in [0, 0.05) is 6.54 Å². The molecule has 0 aliphatic heterocycles. The average molecular weight is 298 g/mol. The van der Waals surface area contributed by atoms with Crippen molar-refractivity contribution in [3.05, 3.63) is 34.9 Å². The molecule has 0 heterocycles. The Labute approximate surface area is 124 Å². The van der Waals surface area contributed by atoms with Crippen molar-refractivity contribution in [1.82, 2.24) is 5.32 Å². The number of hydrogen-bond acceptors (Lipinski definition) is 3. The van der Waals surface area contributed by atoms with E-state index in [9.17, 15) is 4.79 Å². The second-order valence-corrected chi connectivity index (χ2v) is 5.58. The van der Waals surface area contributed by atoms with Crippen LogP contribution in [0.15, 0.2) is 24.3 Å². The van der Waals surface area contributed by atoms with Gasteiger partial charge in [0.1, 0.15) is 11.4 Å². The molecule has 0 saturated heterocycles. The third-order valence-corrected chi connectivity index (χ3v) is 2.60. The average Bonchev–Trinajstić information content (AvgIpc) is 2.33. The molecule has 20 heavy (non-hydrogen) atoms. The number of amides is 1. The van der Waals surface area contributed by atoms with Gasteiger partial charge in [0.25, 0.3) is 0 Å². The van der Waals surface area contributed by atoms with Gasteiger partial charge in [-0.15, -0.1) is 0 Å². The monoisotopic (exact) mass is 297 g/mol. The molecule has 0 fully saturated rings. The van der Waals surface area contributed by atoms with Crippen LogP contribution >= 0.6 is 11.6 Å². The van der Waals surface area contributed by atoms with Gasteiger partial charge in [-0.1, -0.05) is 23.8 Å². The van der Waals surface area contributed by atoms with E-state index in [-0.39, 0.29) is 0 Å². The highest BCUT2D eigenvalue weighted by molar-refractivity contribution is 6.32. The van der Waals surface area contributed by atoms with Gasteiger partial charge < -0.3 is 14.8 Å². The summed E-state index contributed by atoms with van der Waals surface area (Å²) in [5.74, 6) is 0.707. The van der Waals surface area contributed by atoms with E-state index >= 15 is 0 Å². The van der Waals surface area contributed by atoms with Gasteiger partial charge in [0.05, 0.1) is 12.1 Å². The molecular weight excluding hydrogens is 278 g/mol. The van der Waals surface area contributed by atoms with Crippen LogP contribution < -0.4 is 10.1 Å². The van der Waals surface area contributed by atoms with Crippen LogP contribution in [0.4, 0.5) is 4.79 Å². The van der Waals surface area contributed by atoms with Crippen LogP contribution in [0.5, 0.6) is 5.75 Å². The number of hydrogen-bond donors (Lipinski definition) is 1. The number of methoxy groups -OCH3 is 1. The predicted molar refractivity (Wildman–Crippen MR) is 81.3 cm³/mol. The first kappa shape index (κ1) is 16.4. The van der Waals surface area contributed by atoms with Crippen molar-refractivity contribution in [2.24, 2.45) is 0 Å². The van der Waals surface area contributed by atoms with Crippen LogP contribution in [0.25, 0.3) is 6.08 Å². The molecule has 0 aliphatic rings. The topological polar surface area (TPSA) is 47.6 Å². The summed E-state index contributed by atoms with van der Waals surface area (Å²) in [5.41, 5.74) is 0.367. The summed E-state index contributed by atoms with van der Waals surface area (Å²) in [6.45, 7) is 5.83. The molecule has 1 aromatic carbocycles. The summed E-state index contributed by atoms with van der Waals surface area (Å²) in [4.78, 5) is 11.4. The van der Waals surface area contributed by atoms with E-state index in [0.717, 1.165) is 5.56 Å². The highest BCUT2D eigenvalue weighted by Crippen LogP contribution is 2.23. The number of carbonyl (C=O) groups excluding carboxylic acids is 1. The van der Waals surface area contributed by atoms with Gasteiger partial charge in [-0.05, 0) is 44.5 Å². The lowest BCUT2D eigenvalue weighted by Crippen LogP contribution is -2.32. The lowest BCUT2D eigenvalue weighted by molar-refractivity contribution is 0.0534. The fourth-order valence-corrected chi connectivity index (χ4v) is 1.65. The molecule has 1 aromatic rings. The summed E-state index contributed by atoms with van der Waals surface area (Å²) in [6.07, 6.45) is 3.19. The fraction of sp³-hybridized carbons (Fsp3) is 0.400. The smallest absolute Gasteiger partial charge is 0.407 e. The van der Waals surface area contributed by atoms with E-state index in [0.29, 0.717) is 17.3 Å². The zero-order chi connectivity index (χ0) is 15.2. The standard InChI is InChI=1S/C15H20ClNO3/c1-15(2,3)20-14(18)17-9-5-6-11-7-8-12(19-4)10-13(11)16/h5-8,10H,9H2,1-4H3,(H,17,18). The van der Waals surface area contributed by atoms with Crippen molar-refractivity contribution in [2.75, 3.05) is 13.7 Å². The number of nitrogens with one attached hydrogen (secondary N) is 1. The minimum absolute atomic E-state index is 0.372. The Morgan fingerprint density at radius 1 is 1.40 bits per heavy atom. The van der Waals surface area contributed by atoms with Crippen LogP contribution in [-0.4, -0.2) is 25.3 Å². The number of carbonyl (C=O) groups is 1. The van der Waals surface area contributed by atoms with Gasteiger partial charge in [-0.3, -0.25) is 0 Å². The molecule has 5 heteroatoms. The molecule has 110 valence electrons. The maximum absolute atomic E-state index is 11.4. The molecule has 0 bridgehead atoms. The van der Waals surface area contributed by atoms with Gasteiger partial charge >= 0.3 is 6.09 Å². The zero-order valence-corrected chi connectivity index (χ0v) is 13.0.